The average molecular weight is 303 g/mol. The van der Waals surface area contributed by atoms with Crippen LogP contribution in [-0.4, -0.2) is 0 Å². The fourth-order valence-corrected chi connectivity index (χ4v) is 2.58. The van der Waals surface area contributed by atoms with Gasteiger partial charge in [-0.05, 0) is 38.5 Å². The monoisotopic (exact) mass is 302 g/mol. The van der Waals surface area contributed by atoms with Crippen LogP contribution in [0.5, 0.6) is 0 Å². The minimum atomic E-state index is 0.722. The van der Waals surface area contributed by atoms with Crippen molar-refractivity contribution in [3.8, 4) is 12.1 Å². The van der Waals surface area contributed by atoms with E-state index in [-0.39, 0.29) is 0 Å². The molecule has 0 saturated heterocycles. The normalized spacial score (nSPS) is 10.6. The Morgan fingerprint density at radius 1 is 0.455 bits per heavy atom. The van der Waals surface area contributed by atoms with Crippen molar-refractivity contribution in [3.05, 3.63) is 12.2 Å². The molecule has 0 atom stereocenters. The Morgan fingerprint density at radius 2 is 0.773 bits per heavy atom. The van der Waals surface area contributed by atoms with Crippen LogP contribution in [-0.2, 0) is 0 Å². The zero-order valence-corrected chi connectivity index (χ0v) is 14.4. The Hall–Kier alpha value is -1.28. The van der Waals surface area contributed by atoms with Gasteiger partial charge in [-0.25, -0.2) is 0 Å². The van der Waals surface area contributed by atoms with Crippen molar-refractivity contribution >= 4 is 0 Å². The van der Waals surface area contributed by atoms with E-state index in [1.54, 1.807) is 0 Å². The van der Waals surface area contributed by atoms with E-state index in [1.807, 2.05) is 0 Å². The Bertz CT molecular complexity index is 320. The molecule has 0 aliphatic carbocycles. The van der Waals surface area contributed by atoms with Gasteiger partial charge < -0.3 is 0 Å². The lowest BCUT2D eigenvalue weighted by molar-refractivity contribution is 0.584. The van der Waals surface area contributed by atoms with E-state index in [2.05, 4.69) is 24.3 Å². The zero-order chi connectivity index (χ0) is 16.1. The van der Waals surface area contributed by atoms with Crippen molar-refractivity contribution in [2.24, 2.45) is 0 Å². The highest BCUT2D eigenvalue weighted by Gasteiger charge is 1.92. The van der Waals surface area contributed by atoms with Crippen LogP contribution in [0.1, 0.15) is 103 Å². The Balaban J connectivity index is 3.06. The molecule has 0 spiro atoms. The summed E-state index contributed by atoms with van der Waals surface area (Å²) in [6.07, 6.45) is 23.7. The lowest BCUT2D eigenvalue weighted by Crippen LogP contribution is -1.80. The Labute approximate surface area is 138 Å². The van der Waals surface area contributed by atoms with E-state index in [0.717, 1.165) is 25.7 Å². The summed E-state index contributed by atoms with van der Waals surface area (Å²) in [5, 5.41) is 16.9. The molecule has 0 unspecified atom stereocenters. The highest BCUT2D eigenvalue weighted by molar-refractivity contribution is 4.81. The summed E-state index contributed by atoms with van der Waals surface area (Å²) in [4.78, 5) is 0. The predicted octanol–water partition coefficient (Wildman–Crippen LogP) is 6.83. The van der Waals surface area contributed by atoms with Crippen LogP contribution < -0.4 is 0 Å². The molecule has 0 saturated carbocycles. The van der Waals surface area contributed by atoms with Gasteiger partial charge >= 0.3 is 0 Å². The third-order valence-corrected chi connectivity index (χ3v) is 3.99. The molecule has 0 N–H and O–H groups in total. The van der Waals surface area contributed by atoms with Gasteiger partial charge in [-0.15, -0.1) is 0 Å². The van der Waals surface area contributed by atoms with Gasteiger partial charge in [0.05, 0.1) is 12.1 Å². The van der Waals surface area contributed by atoms with E-state index in [9.17, 15) is 0 Å². The van der Waals surface area contributed by atoms with E-state index >= 15 is 0 Å². The maximum atomic E-state index is 8.43. The van der Waals surface area contributed by atoms with Crippen molar-refractivity contribution < 1.29 is 0 Å². The summed E-state index contributed by atoms with van der Waals surface area (Å²) in [7, 11) is 0. The minimum absolute atomic E-state index is 0.722. The quantitative estimate of drug-likeness (QED) is 0.232. The molecule has 124 valence electrons. The number of nitriles is 2. The highest BCUT2D eigenvalue weighted by atomic mass is 14.2. The summed E-state index contributed by atoms with van der Waals surface area (Å²) in [6, 6.07) is 4.40. The van der Waals surface area contributed by atoms with Crippen LogP contribution in [0.15, 0.2) is 12.2 Å². The van der Waals surface area contributed by atoms with Gasteiger partial charge in [0.25, 0.3) is 0 Å². The Kier molecular flexibility index (Phi) is 18.6. The summed E-state index contributed by atoms with van der Waals surface area (Å²) < 4.78 is 0. The number of hydrogen-bond acceptors (Lipinski definition) is 2. The number of nitrogens with zero attached hydrogens (tertiary/aromatic N) is 2. The smallest absolute Gasteiger partial charge is 0.0621 e. The number of unbranched alkanes of at least 4 members (excludes halogenated alkanes) is 14. The first kappa shape index (κ1) is 20.7. The molecule has 0 aromatic rings. The summed E-state index contributed by atoms with van der Waals surface area (Å²) >= 11 is 0. The second kappa shape index (κ2) is 19.7. The van der Waals surface area contributed by atoms with Crippen LogP contribution in [0.3, 0.4) is 0 Å². The van der Waals surface area contributed by atoms with Crippen LogP contribution in [0.4, 0.5) is 0 Å². The molecule has 2 heteroatoms. The second-order valence-electron chi connectivity index (χ2n) is 6.11. The van der Waals surface area contributed by atoms with Crippen molar-refractivity contribution in [1.82, 2.24) is 0 Å². The van der Waals surface area contributed by atoms with Crippen molar-refractivity contribution in [1.29, 1.82) is 10.5 Å². The SMILES string of the molecule is N#CCCCCCCCC=CCCCCCCCCCC#N. The van der Waals surface area contributed by atoms with Gasteiger partial charge in [-0.1, -0.05) is 63.5 Å². The van der Waals surface area contributed by atoms with Gasteiger partial charge in [-0.3, -0.25) is 0 Å². The van der Waals surface area contributed by atoms with Crippen molar-refractivity contribution in [3.63, 3.8) is 0 Å². The molecule has 0 heterocycles. The van der Waals surface area contributed by atoms with E-state index < -0.39 is 0 Å². The maximum absolute atomic E-state index is 8.43. The molecule has 0 radical (unpaired) electrons. The molecule has 0 amide bonds. The largest absolute Gasteiger partial charge is 0.198 e. The van der Waals surface area contributed by atoms with Crippen molar-refractivity contribution in [2.75, 3.05) is 0 Å². The molecule has 0 aliphatic heterocycles. The third-order valence-electron chi connectivity index (χ3n) is 3.99. The number of hydrogen-bond donors (Lipinski definition) is 0. The van der Waals surface area contributed by atoms with Crippen LogP contribution in [0.2, 0.25) is 0 Å². The predicted molar refractivity (Wildman–Crippen MR) is 94.2 cm³/mol. The topological polar surface area (TPSA) is 47.6 Å². The van der Waals surface area contributed by atoms with Gasteiger partial charge in [0.15, 0.2) is 0 Å². The fourth-order valence-electron chi connectivity index (χ4n) is 2.58. The van der Waals surface area contributed by atoms with Crippen LogP contribution in [0, 0.1) is 22.7 Å². The second-order valence-corrected chi connectivity index (χ2v) is 6.11. The van der Waals surface area contributed by atoms with Crippen molar-refractivity contribution in [2.45, 2.75) is 103 Å². The van der Waals surface area contributed by atoms with Gasteiger partial charge in [0.1, 0.15) is 0 Å². The standard InChI is InChI=1S/C20H34N2/c21-19-17-15-13-11-9-7-5-3-1-2-4-6-8-10-12-14-16-18-20-22/h1,3H,2,4-18H2. The molecule has 0 bridgehead atoms. The number of allylic oxidation sites excluding steroid dienone is 2. The van der Waals surface area contributed by atoms with E-state index in [1.165, 1.54) is 77.0 Å². The molecule has 2 nitrogen and oxygen atoms in total. The Morgan fingerprint density at radius 3 is 1.14 bits per heavy atom. The summed E-state index contributed by atoms with van der Waals surface area (Å²) in [5.41, 5.74) is 0. The van der Waals surface area contributed by atoms with E-state index in [4.69, 9.17) is 10.5 Å². The molecule has 0 aromatic carbocycles. The number of rotatable bonds is 16. The molecule has 0 rings (SSSR count). The molecule has 22 heavy (non-hydrogen) atoms. The molecule has 0 aromatic heterocycles. The third kappa shape index (κ3) is 18.7. The molecule has 0 fully saturated rings. The van der Waals surface area contributed by atoms with Crippen LogP contribution >= 0.6 is 0 Å². The summed E-state index contributed by atoms with van der Waals surface area (Å²) in [5.74, 6) is 0. The lowest BCUT2D eigenvalue weighted by atomic mass is 10.1. The molecule has 0 aliphatic rings. The maximum Gasteiger partial charge on any atom is 0.0621 e. The first-order valence-corrected chi connectivity index (χ1v) is 9.30. The van der Waals surface area contributed by atoms with E-state index in [0.29, 0.717) is 0 Å². The zero-order valence-electron chi connectivity index (χ0n) is 14.4. The minimum Gasteiger partial charge on any atom is -0.198 e. The van der Waals surface area contributed by atoms with Gasteiger partial charge in [-0.2, -0.15) is 10.5 Å². The first-order chi connectivity index (χ1) is 10.9. The first-order valence-electron chi connectivity index (χ1n) is 9.30. The molecular weight excluding hydrogens is 268 g/mol. The summed E-state index contributed by atoms with van der Waals surface area (Å²) in [6.45, 7) is 0. The fraction of sp³-hybridized carbons (Fsp3) is 0.800. The highest BCUT2D eigenvalue weighted by Crippen LogP contribution is 2.10. The van der Waals surface area contributed by atoms with Gasteiger partial charge in [0.2, 0.25) is 0 Å². The average Bonchev–Trinajstić information content (AvgIpc) is 2.54. The lowest BCUT2D eigenvalue weighted by Gasteiger charge is -1.99. The van der Waals surface area contributed by atoms with Gasteiger partial charge in [0, 0.05) is 12.8 Å². The molecular formula is C20H34N2. The van der Waals surface area contributed by atoms with Crippen LogP contribution in [0.25, 0.3) is 0 Å².